The molecule has 0 atom stereocenters. The molecule has 0 radical (unpaired) electrons. The molecule has 4 N–H and O–H groups in total. The van der Waals surface area contributed by atoms with Crippen molar-refractivity contribution in [2.24, 2.45) is 5.73 Å². The Morgan fingerprint density at radius 2 is 1.71 bits per heavy atom. The molecule has 0 unspecified atom stereocenters. The molecular weight excluding hydrogens is 184 g/mol. The number of rotatable bonds is 3. The lowest BCUT2D eigenvalue weighted by atomic mass is 10.2. The van der Waals surface area contributed by atoms with Crippen LogP contribution in [-0.2, 0) is 0 Å². The first kappa shape index (κ1) is 10.2. The molecule has 0 bridgehead atoms. The van der Waals surface area contributed by atoms with Gasteiger partial charge in [-0.3, -0.25) is 5.73 Å². The van der Waals surface area contributed by atoms with Crippen molar-refractivity contribution in [3.63, 3.8) is 0 Å². The van der Waals surface area contributed by atoms with Crippen molar-refractivity contribution in [1.29, 1.82) is 0 Å². The fourth-order valence-corrected chi connectivity index (χ4v) is 1.03. The maximum absolute atomic E-state index is 8.62. The maximum Gasteiger partial charge on any atom is 0.311 e. The summed E-state index contributed by atoms with van der Waals surface area (Å²) in [6.07, 6.45) is 0. The zero-order valence-electron chi connectivity index (χ0n) is 8.07. The lowest BCUT2D eigenvalue weighted by Crippen LogP contribution is -2.71. The fourth-order valence-electron chi connectivity index (χ4n) is 1.03. The Balaban J connectivity index is 3.17. The quantitative estimate of drug-likeness (QED) is 0.248. The molecule has 5 nitrogen and oxygen atoms in total. The molecule has 0 aromatic heterocycles. The highest BCUT2D eigenvalue weighted by atomic mass is 16.5. The van der Waals surface area contributed by atoms with Gasteiger partial charge in [0.05, 0.1) is 19.8 Å². The topological polar surface area (TPSA) is 78.7 Å². The van der Waals surface area contributed by atoms with E-state index in [0.29, 0.717) is 17.1 Å². The minimum absolute atomic E-state index is 0.141. The maximum atomic E-state index is 8.62. The van der Waals surface area contributed by atoms with Crippen LogP contribution in [0.5, 0.6) is 11.5 Å². The lowest BCUT2D eigenvalue weighted by Gasteiger charge is -2.05. The van der Waals surface area contributed by atoms with E-state index in [0.717, 1.165) is 0 Å². The van der Waals surface area contributed by atoms with Crippen molar-refractivity contribution in [2.45, 2.75) is 0 Å². The minimum atomic E-state index is 0.141. The van der Waals surface area contributed by atoms with Gasteiger partial charge in [0.15, 0.2) is 0 Å². The number of hydrogen-bond donors (Lipinski definition) is 3. The Labute approximate surface area is 81.7 Å². The Morgan fingerprint density at radius 3 is 2.07 bits per heavy atom. The summed E-state index contributed by atoms with van der Waals surface area (Å²) in [7, 11) is 3.09. The molecule has 5 heteroatoms. The third-order valence-electron chi connectivity index (χ3n) is 1.78. The summed E-state index contributed by atoms with van der Waals surface area (Å²) < 4.78 is 10.1. The van der Waals surface area contributed by atoms with Gasteiger partial charge in [-0.05, 0) is 12.1 Å². The highest BCUT2D eigenvalue weighted by Crippen LogP contribution is 2.21. The SMILES string of the molecule is COc1cc(OC)cc(C(N)=[NH+]O)c1. The number of amidine groups is 1. The Morgan fingerprint density at radius 1 is 1.21 bits per heavy atom. The van der Waals surface area contributed by atoms with E-state index < -0.39 is 0 Å². The second-order valence-corrected chi connectivity index (χ2v) is 2.63. The summed E-state index contributed by atoms with van der Waals surface area (Å²) in [5.74, 6) is 1.36. The fraction of sp³-hybridized carbons (Fsp3) is 0.222. The van der Waals surface area contributed by atoms with E-state index in [1.807, 2.05) is 5.16 Å². The van der Waals surface area contributed by atoms with Crippen LogP contribution in [0.4, 0.5) is 0 Å². The Hall–Kier alpha value is -1.91. The van der Waals surface area contributed by atoms with Crippen molar-refractivity contribution >= 4 is 5.84 Å². The molecule has 0 fully saturated rings. The summed E-state index contributed by atoms with van der Waals surface area (Å²) >= 11 is 0. The van der Waals surface area contributed by atoms with E-state index in [1.54, 1.807) is 32.4 Å². The van der Waals surface area contributed by atoms with Gasteiger partial charge in [0.2, 0.25) is 0 Å². The zero-order chi connectivity index (χ0) is 10.6. The normalized spacial score (nSPS) is 11.1. The third-order valence-corrected chi connectivity index (χ3v) is 1.78. The minimum Gasteiger partial charge on any atom is -0.497 e. The molecule has 1 aromatic rings. The first-order chi connectivity index (χ1) is 6.71. The Bertz CT molecular complexity index is 328. The Kier molecular flexibility index (Phi) is 3.17. The van der Waals surface area contributed by atoms with Crippen molar-refractivity contribution in [1.82, 2.24) is 0 Å². The second kappa shape index (κ2) is 4.36. The van der Waals surface area contributed by atoms with Crippen LogP contribution in [0.15, 0.2) is 18.2 Å². The number of benzene rings is 1. The molecule has 14 heavy (non-hydrogen) atoms. The van der Waals surface area contributed by atoms with Crippen molar-refractivity contribution in [3.8, 4) is 11.5 Å². The molecule has 0 saturated heterocycles. The summed E-state index contributed by atoms with van der Waals surface area (Å²) in [4.78, 5) is 0. The van der Waals surface area contributed by atoms with E-state index in [9.17, 15) is 0 Å². The van der Waals surface area contributed by atoms with Gasteiger partial charge in [-0.2, -0.15) is 0 Å². The monoisotopic (exact) mass is 197 g/mol. The summed E-state index contributed by atoms with van der Waals surface area (Å²) in [5.41, 5.74) is 6.09. The number of nitrogens with one attached hydrogen (secondary N) is 1. The van der Waals surface area contributed by atoms with Crippen LogP contribution in [0.1, 0.15) is 5.56 Å². The molecular formula is C9H13N2O3+. The number of ether oxygens (including phenoxy) is 2. The highest BCUT2D eigenvalue weighted by molar-refractivity contribution is 5.93. The predicted molar refractivity (Wildman–Crippen MR) is 50.6 cm³/mol. The van der Waals surface area contributed by atoms with Crippen LogP contribution >= 0.6 is 0 Å². The molecule has 0 amide bonds. The smallest absolute Gasteiger partial charge is 0.311 e. The van der Waals surface area contributed by atoms with Crippen LogP contribution in [0.3, 0.4) is 0 Å². The number of nitrogen functional groups attached to an aromatic ring is 1. The standard InChI is InChI=1S/C9H12N2O3/c1-13-7-3-6(9(10)11-12)4-8(5-7)14-2/h3-5,12H,1-2H3,(H2,10,11)/p+1. The molecule has 1 rings (SSSR count). The molecule has 0 spiro atoms. The van der Waals surface area contributed by atoms with E-state index in [1.165, 1.54) is 0 Å². The summed E-state index contributed by atoms with van der Waals surface area (Å²) in [5, 5.41) is 10.5. The average molecular weight is 197 g/mol. The van der Waals surface area contributed by atoms with Crippen LogP contribution < -0.4 is 20.4 Å². The van der Waals surface area contributed by atoms with E-state index >= 15 is 0 Å². The van der Waals surface area contributed by atoms with Crippen LogP contribution in [0.2, 0.25) is 0 Å². The van der Waals surface area contributed by atoms with Gasteiger partial charge in [0.1, 0.15) is 11.5 Å². The number of nitrogens with two attached hydrogens (primary N) is 1. The molecule has 0 aliphatic rings. The molecule has 76 valence electrons. The van der Waals surface area contributed by atoms with Gasteiger partial charge in [-0.15, -0.1) is 0 Å². The van der Waals surface area contributed by atoms with Crippen LogP contribution in [-0.4, -0.2) is 25.3 Å². The number of hydrogen-bond acceptors (Lipinski definition) is 3. The van der Waals surface area contributed by atoms with Gasteiger partial charge >= 0.3 is 5.84 Å². The van der Waals surface area contributed by atoms with Gasteiger partial charge in [-0.1, -0.05) is 5.16 Å². The molecule has 0 saturated carbocycles. The second-order valence-electron chi connectivity index (χ2n) is 2.63. The molecule has 0 aliphatic heterocycles. The number of methoxy groups -OCH3 is 2. The summed E-state index contributed by atoms with van der Waals surface area (Å²) in [6, 6.07) is 5.08. The largest absolute Gasteiger partial charge is 0.497 e. The zero-order valence-corrected chi connectivity index (χ0v) is 8.07. The first-order valence-electron chi connectivity index (χ1n) is 3.97. The van der Waals surface area contributed by atoms with Gasteiger partial charge in [-0.25, -0.2) is 0 Å². The van der Waals surface area contributed by atoms with Crippen molar-refractivity contribution in [2.75, 3.05) is 14.2 Å². The third kappa shape index (κ3) is 2.07. The highest BCUT2D eigenvalue weighted by Gasteiger charge is 2.08. The van der Waals surface area contributed by atoms with Crippen molar-refractivity contribution < 1.29 is 19.8 Å². The van der Waals surface area contributed by atoms with E-state index in [2.05, 4.69) is 0 Å². The first-order valence-corrected chi connectivity index (χ1v) is 3.97. The van der Waals surface area contributed by atoms with Crippen LogP contribution in [0.25, 0.3) is 0 Å². The van der Waals surface area contributed by atoms with Crippen LogP contribution in [0, 0.1) is 0 Å². The molecule has 1 aromatic carbocycles. The van der Waals surface area contributed by atoms with Gasteiger partial charge in [0, 0.05) is 6.07 Å². The molecule has 0 heterocycles. The van der Waals surface area contributed by atoms with Gasteiger partial charge in [0.25, 0.3) is 0 Å². The average Bonchev–Trinajstić information content (AvgIpc) is 2.27. The molecule has 0 aliphatic carbocycles. The van der Waals surface area contributed by atoms with E-state index in [-0.39, 0.29) is 5.84 Å². The van der Waals surface area contributed by atoms with Gasteiger partial charge < -0.3 is 14.7 Å². The summed E-state index contributed by atoms with van der Waals surface area (Å²) in [6.45, 7) is 0. The predicted octanol–water partition coefficient (Wildman–Crippen LogP) is -1.12. The van der Waals surface area contributed by atoms with Crippen molar-refractivity contribution in [3.05, 3.63) is 23.8 Å². The lowest BCUT2D eigenvalue weighted by molar-refractivity contribution is -0.737. The van der Waals surface area contributed by atoms with E-state index in [4.69, 9.17) is 20.4 Å².